The Kier molecular flexibility index (Phi) is 6.73. The fourth-order valence-corrected chi connectivity index (χ4v) is 2.92. The van der Waals surface area contributed by atoms with Crippen molar-refractivity contribution in [1.82, 2.24) is 15.5 Å². The smallest absolute Gasteiger partial charge is 0.222 e. The first-order valence-electron chi connectivity index (χ1n) is 8.14. The monoisotopic (exact) mass is 352 g/mol. The summed E-state index contributed by atoms with van der Waals surface area (Å²) >= 11 is 5.98. The van der Waals surface area contributed by atoms with Gasteiger partial charge in [0.25, 0.3) is 0 Å². The number of amides is 1. The van der Waals surface area contributed by atoms with E-state index in [2.05, 4.69) is 15.6 Å². The van der Waals surface area contributed by atoms with Crippen molar-refractivity contribution < 1.29 is 9.53 Å². The number of guanidine groups is 1. The Bertz CT molecular complexity index is 606. The van der Waals surface area contributed by atoms with E-state index in [1.165, 1.54) is 0 Å². The Hall–Kier alpha value is -1.95. The Labute approximate surface area is 148 Å². The molecule has 1 fully saturated rings. The van der Waals surface area contributed by atoms with Gasteiger partial charge in [0.2, 0.25) is 5.91 Å². The van der Waals surface area contributed by atoms with Crippen molar-refractivity contribution in [1.29, 1.82) is 0 Å². The van der Waals surface area contributed by atoms with E-state index in [9.17, 15) is 4.79 Å². The molecular weight excluding hydrogens is 328 g/mol. The van der Waals surface area contributed by atoms with Crippen LogP contribution >= 0.6 is 11.6 Å². The molecule has 0 aromatic heterocycles. The van der Waals surface area contributed by atoms with Crippen LogP contribution in [-0.2, 0) is 11.3 Å². The summed E-state index contributed by atoms with van der Waals surface area (Å²) < 4.78 is 5.35. The summed E-state index contributed by atoms with van der Waals surface area (Å²) in [7, 11) is 3.36. The molecule has 1 amide bonds. The zero-order valence-corrected chi connectivity index (χ0v) is 15.2. The third-order valence-electron chi connectivity index (χ3n) is 4.10. The highest BCUT2D eigenvalue weighted by Crippen LogP contribution is 2.22. The molecule has 7 heteroatoms. The fourth-order valence-electron chi connectivity index (χ4n) is 2.76. The predicted octanol–water partition coefficient (Wildman–Crippen LogP) is 2.02. The SMILES string of the molecule is CCC(=O)N1CCC(NC(=NC)NCc2ccc(Cl)cc2OC)C1. The van der Waals surface area contributed by atoms with Crippen molar-refractivity contribution in [3.8, 4) is 5.75 Å². The Morgan fingerprint density at radius 1 is 1.50 bits per heavy atom. The van der Waals surface area contributed by atoms with Gasteiger partial charge in [0.05, 0.1) is 7.11 Å². The first-order valence-corrected chi connectivity index (χ1v) is 8.52. The van der Waals surface area contributed by atoms with Gasteiger partial charge in [-0.15, -0.1) is 0 Å². The van der Waals surface area contributed by atoms with Crippen LogP contribution in [0.5, 0.6) is 5.75 Å². The second kappa shape index (κ2) is 8.78. The van der Waals surface area contributed by atoms with Gasteiger partial charge in [0.1, 0.15) is 5.75 Å². The minimum absolute atomic E-state index is 0.202. The third-order valence-corrected chi connectivity index (χ3v) is 4.34. The molecule has 1 aromatic rings. The van der Waals surface area contributed by atoms with E-state index in [1.807, 2.05) is 24.0 Å². The number of ether oxygens (including phenoxy) is 1. The highest BCUT2D eigenvalue weighted by atomic mass is 35.5. The van der Waals surface area contributed by atoms with E-state index >= 15 is 0 Å². The maximum Gasteiger partial charge on any atom is 0.222 e. The van der Waals surface area contributed by atoms with Crippen LogP contribution in [-0.4, -0.2) is 50.1 Å². The van der Waals surface area contributed by atoms with E-state index < -0.39 is 0 Å². The number of nitrogens with zero attached hydrogens (tertiary/aromatic N) is 2. The third kappa shape index (κ3) is 4.77. The number of halogens is 1. The van der Waals surface area contributed by atoms with Crippen molar-refractivity contribution in [2.45, 2.75) is 32.4 Å². The number of benzene rings is 1. The van der Waals surface area contributed by atoms with Crippen LogP contribution in [0.15, 0.2) is 23.2 Å². The number of carbonyl (C=O) groups excluding carboxylic acids is 1. The van der Waals surface area contributed by atoms with E-state index in [0.717, 1.165) is 30.8 Å². The van der Waals surface area contributed by atoms with E-state index in [4.69, 9.17) is 16.3 Å². The predicted molar refractivity (Wildman–Crippen MR) is 96.6 cm³/mol. The second-order valence-electron chi connectivity index (χ2n) is 5.71. The average molecular weight is 353 g/mol. The molecule has 1 heterocycles. The van der Waals surface area contributed by atoms with Gasteiger partial charge in [0.15, 0.2) is 5.96 Å². The number of likely N-dealkylation sites (tertiary alicyclic amines) is 1. The summed E-state index contributed by atoms with van der Waals surface area (Å²) in [5, 5.41) is 7.29. The van der Waals surface area contributed by atoms with Crippen LogP contribution < -0.4 is 15.4 Å². The number of aliphatic imine (C=N–C) groups is 1. The molecule has 132 valence electrons. The molecule has 1 aliphatic heterocycles. The topological polar surface area (TPSA) is 66.0 Å². The van der Waals surface area contributed by atoms with E-state index in [1.54, 1.807) is 20.2 Å². The van der Waals surface area contributed by atoms with Gasteiger partial charge >= 0.3 is 0 Å². The lowest BCUT2D eigenvalue weighted by molar-refractivity contribution is -0.129. The van der Waals surface area contributed by atoms with Crippen LogP contribution in [0, 0.1) is 0 Å². The van der Waals surface area contributed by atoms with Gasteiger partial charge in [-0.05, 0) is 18.6 Å². The van der Waals surface area contributed by atoms with Crippen LogP contribution in [0.25, 0.3) is 0 Å². The fraction of sp³-hybridized carbons (Fsp3) is 0.529. The van der Waals surface area contributed by atoms with Crippen LogP contribution in [0.3, 0.4) is 0 Å². The molecule has 0 spiro atoms. The molecule has 1 unspecified atom stereocenters. The van der Waals surface area contributed by atoms with Gasteiger partial charge < -0.3 is 20.3 Å². The second-order valence-corrected chi connectivity index (χ2v) is 6.14. The number of rotatable bonds is 5. The summed E-state index contributed by atoms with van der Waals surface area (Å²) in [6.45, 7) is 3.98. The lowest BCUT2D eigenvalue weighted by Gasteiger charge is -2.19. The number of hydrogen-bond acceptors (Lipinski definition) is 3. The molecule has 2 rings (SSSR count). The average Bonchev–Trinajstić information content (AvgIpc) is 3.07. The van der Waals surface area contributed by atoms with Gasteiger partial charge in [0, 0.05) is 49.7 Å². The van der Waals surface area contributed by atoms with E-state index in [-0.39, 0.29) is 11.9 Å². The molecule has 2 N–H and O–H groups in total. The molecule has 24 heavy (non-hydrogen) atoms. The van der Waals surface area contributed by atoms with Crippen molar-refractivity contribution in [2.75, 3.05) is 27.2 Å². The Morgan fingerprint density at radius 3 is 2.96 bits per heavy atom. The van der Waals surface area contributed by atoms with Crippen molar-refractivity contribution in [3.63, 3.8) is 0 Å². The van der Waals surface area contributed by atoms with Crippen LogP contribution in [0.2, 0.25) is 5.02 Å². The highest BCUT2D eigenvalue weighted by Gasteiger charge is 2.25. The van der Waals surface area contributed by atoms with Gasteiger partial charge in [-0.3, -0.25) is 9.79 Å². The highest BCUT2D eigenvalue weighted by molar-refractivity contribution is 6.30. The standard InChI is InChI=1S/C17H25ClN4O2/c1-4-16(23)22-8-7-14(11-22)21-17(19-2)20-10-12-5-6-13(18)9-15(12)24-3/h5-6,9,14H,4,7-8,10-11H2,1-3H3,(H2,19,20,21). The van der Waals surface area contributed by atoms with Gasteiger partial charge in [-0.25, -0.2) is 0 Å². The number of methoxy groups -OCH3 is 1. The molecule has 0 radical (unpaired) electrons. The molecule has 1 aliphatic rings. The first kappa shape index (κ1) is 18.4. The minimum atomic E-state index is 0.202. The van der Waals surface area contributed by atoms with E-state index in [0.29, 0.717) is 23.9 Å². The molecular formula is C17H25ClN4O2. The van der Waals surface area contributed by atoms with Crippen LogP contribution in [0.1, 0.15) is 25.3 Å². The Morgan fingerprint density at radius 2 is 2.29 bits per heavy atom. The van der Waals surface area contributed by atoms with Crippen molar-refractivity contribution >= 4 is 23.5 Å². The largest absolute Gasteiger partial charge is 0.496 e. The molecule has 6 nitrogen and oxygen atoms in total. The number of nitrogens with one attached hydrogen (secondary N) is 2. The van der Waals surface area contributed by atoms with Crippen molar-refractivity contribution in [3.05, 3.63) is 28.8 Å². The quantitative estimate of drug-likeness (QED) is 0.628. The zero-order chi connectivity index (χ0) is 17.5. The summed E-state index contributed by atoms with van der Waals surface area (Å²) in [6, 6.07) is 5.78. The maximum absolute atomic E-state index is 11.8. The molecule has 1 atom stereocenters. The maximum atomic E-state index is 11.8. The van der Waals surface area contributed by atoms with Gasteiger partial charge in [-0.1, -0.05) is 24.6 Å². The van der Waals surface area contributed by atoms with Gasteiger partial charge in [-0.2, -0.15) is 0 Å². The molecule has 0 saturated carbocycles. The zero-order valence-electron chi connectivity index (χ0n) is 14.4. The molecule has 0 bridgehead atoms. The summed E-state index contributed by atoms with van der Waals surface area (Å²) in [5.41, 5.74) is 0.999. The Balaban J connectivity index is 1.89. The minimum Gasteiger partial charge on any atom is -0.496 e. The molecule has 1 aromatic carbocycles. The lowest BCUT2D eigenvalue weighted by atomic mass is 10.2. The number of carbonyl (C=O) groups is 1. The molecule has 0 aliphatic carbocycles. The lowest BCUT2D eigenvalue weighted by Crippen LogP contribution is -2.44. The summed E-state index contributed by atoms with van der Waals surface area (Å²) in [4.78, 5) is 17.9. The number of hydrogen-bond donors (Lipinski definition) is 2. The normalized spacial score (nSPS) is 17.8. The first-order chi connectivity index (χ1) is 11.6. The summed E-state index contributed by atoms with van der Waals surface area (Å²) in [6.07, 6.45) is 1.48. The van der Waals surface area contributed by atoms with Crippen LogP contribution in [0.4, 0.5) is 0 Å². The molecule has 1 saturated heterocycles. The van der Waals surface area contributed by atoms with Crippen molar-refractivity contribution in [2.24, 2.45) is 4.99 Å². The summed E-state index contributed by atoms with van der Waals surface area (Å²) in [5.74, 6) is 1.65.